The van der Waals surface area contributed by atoms with Gasteiger partial charge in [0, 0.05) is 36.6 Å². The van der Waals surface area contributed by atoms with Crippen LogP contribution in [0.15, 0.2) is 77.9 Å². The van der Waals surface area contributed by atoms with Crippen LogP contribution >= 0.6 is 0 Å². The van der Waals surface area contributed by atoms with Gasteiger partial charge >= 0.3 is 0 Å². The minimum Gasteiger partial charge on any atom is -0.769 e. The zero-order valence-electron chi connectivity index (χ0n) is 16.4. The molecular weight excluding hydrogens is 386 g/mol. The van der Waals surface area contributed by atoms with Crippen molar-refractivity contribution in [1.29, 1.82) is 0 Å². The topological polar surface area (TPSA) is 121 Å². The van der Waals surface area contributed by atoms with Gasteiger partial charge in [-0.1, -0.05) is 42.5 Å². The predicted molar refractivity (Wildman–Crippen MR) is 118 cm³/mol. The third-order valence-electron chi connectivity index (χ3n) is 4.38. The Morgan fingerprint density at radius 3 is 2.17 bits per heavy atom. The molecule has 9 heteroatoms. The molecule has 0 unspecified atom stereocenters. The van der Waals surface area contributed by atoms with E-state index in [2.05, 4.69) is 10.5 Å². The monoisotopic (exact) mass is 407 g/mol. The highest BCUT2D eigenvalue weighted by molar-refractivity contribution is 6.13. The lowest BCUT2D eigenvalue weighted by Gasteiger charge is -2.37. The molecule has 3 N–H and O–H groups in total. The smallest absolute Gasteiger partial charge is 0.121 e. The summed E-state index contributed by atoms with van der Waals surface area (Å²) < 4.78 is 0. The van der Waals surface area contributed by atoms with Crippen LogP contribution < -0.4 is 20.8 Å². The Labute approximate surface area is 173 Å². The molecule has 30 heavy (non-hydrogen) atoms. The van der Waals surface area contributed by atoms with E-state index < -0.39 is 5.23 Å². The number of hydrogen-bond donors (Lipinski definition) is 3. The van der Waals surface area contributed by atoms with E-state index in [4.69, 9.17) is 0 Å². The van der Waals surface area contributed by atoms with Crippen LogP contribution in [0.1, 0.15) is 11.1 Å². The van der Waals surface area contributed by atoms with Crippen molar-refractivity contribution in [2.24, 2.45) is 5.10 Å². The quantitative estimate of drug-likeness (QED) is 0.397. The highest BCUT2D eigenvalue weighted by Crippen LogP contribution is 2.29. The highest BCUT2D eigenvalue weighted by atomic mass is 16.8. The van der Waals surface area contributed by atoms with Gasteiger partial charge in [-0.3, -0.25) is 15.8 Å². The summed E-state index contributed by atoms with van der Waals surface area (Å²) in [7, 11) is 3.88. The van der Waals surface area contributed by atoms with Crippen molar-refractivity contribution >= 4 is 28.5 Å². The van der Waals surface area contributed by atoms with Crippen molar-refractivity contribution in [2.45, 2.75) is 0 Å². The van der Waals surface area contributed by atoms with E-state index in [0.29, 0.717) is 5.71 Å². The maximum atomic E-state index is 11.0. The fraction of sp³-hybridized carbons (Fsp3) is 0.0952. The molecule has 0 aliphatic heterocycles. The lowest BCUT2D eigenvalue weighted by Crippen LogP contribution is -2.15. The first kappa shape index (κ1) is 21.1. The summed E-state index contributed by atoms with van der Waals surface area (Å²) in [6, 6.07) is 20.9. The Morgan fingerprint density at radius 2 is 1.53 bits per heavy atom. The molecule has 9 nitrogen and oxygen atoms in total. The molecule has 0 fully saturated rings. The Balaban J connectivity index is 2.05. The predicted octanol–water partition coefficient (Wildman–Crippen LogP) is 4.00. The largest absolute Gasteiger partial charge is 0.769 e. The van der Waals surface area contributed by atoms with Crippen molar-refractivity contribution < 1.29 is 10.4 Å². The summed E-state index contributed by atoms with van der Waals surface area (Å²) in [4.78, 5) is 1.98. The van der Waals surface area contributed by atoms with Crippen LogP contribution in [0.5, 0.6) is 0 Å². The summed E-state index contributed by atoms with van der Waals surface area (Å²) in [5.74, 6) is 0. The molecule has 0 saturated carbocycles. The molecular formula is C21H21N5O4-2. The van der Waals surface area contributed by atoms with E-state index in [1.54, 1.807) is 0 Å². The molecule has 0 aromatic heterocycles. The Hall–Kier alpha value is -3.63. The SMILES string of the molecule is CN(C)c1cccc(C(=NNc2ccc(N([O-])[O-])cc2N(O)O)c2ccccc2)c1. The fourth-order valence-electron chi connectivity index (χ4n) is 2.83. The average molecular weight is 407 g/mol. The van der Waals surface area contributed by atoms with Gasteiger partial charge in [-0.05, 0) is 30.3 Å². The van der Waals surface area contributed by atoms with E-state index in [1.165, 1.54) is 12.1 Å². The molecule has 0 saturated heterocycles. The van der Waals surface area contributed by atoms with Gasteiger partial charge in [-0.25, -0.2) is 0 Å². The molecule has 0 atom stereocenters. The summed E-state index contributed by atoms with van der Waals surface area (Å²) in [5, 5.41) is 44.6. The lowest BCUT2D eigenvalue weighted by molar-refractivity contribution is 0.0295. The number of benzene rings is 3. The maximum absolute atomic E-state index is 11.0. The van der Waals surface area contributed by atoms with Gasteiger partial charge in [-0.15, -0.1) is 5.23 Å². The van der Waals surface area contributed by atoms with Crippen molar-refractivity contribution in [1.82, 2.24) is 0 Å². The third kappa shape index (κ3) is 4.85. The minimum atomic E-state index is -0.623. The number of nitrogens with one attached hydrogen (secondary N) is 1. The second kappa shape index (κ2) is 9.25. The van der Waals surface area contributed by atoms with Gasteiger partial charge in [0.2, 0.25) is 0 Å². The van der Waals surface area contributed by atoms with Crippen LogP contribution in [0, 0.1) is 10.4 Å². The molecule has 0 aliphatic carbocycles. The van der Waals surface area contributed by atoms with Crippen molar-refractivity contribution in [2.75, 3.05) is 34.9 Å². The molecule has 0 radical (unpaired) electrons. The van der Waals surface area contributed by atoms with E-state index >= 15 is 0 Å². The van der Waals surface area contributed by atoms with Crippen LogP contribution in [0.2, 0.25) is 0 Å². The van der Waals surface area contributed by atoms with Gasteiger partial charge in [0.15, 0.2) is 0 Å². The second-order valence-corrected chi connectivity index (χ2v) is 6.63. The van der Waals surface area contributed by atoms with E-state index in [0.717, 1.165) is 22.9 Å². The van der Waals surface area contributed by atoms with E-state index in [1.807, 2.05) is 73.6 Å². The van der Waals surface area contributed by atoms with Crippen LogP contribution in [-0.4, -0.2) is 30.2 Å². The van der Waals surface area contributed by atoms with Crippen molar-refractivity contribution in [3.63, 3.8) is 0 Å². The number of hydrogen-bond acceptors (Lipinski definition) is 9. The molecule has 0 bridgehead atoms. The first-order valence-corrected chi connectivity index (χ1v) is 9.00. The molecule has 0 aliphatic rings. The van der Waals surface area contributed by atoms with Gasteiger partial charge in [0.1, 0.15) is 5.69 Å². The van der Waals surface area contributed by atoms with Gasteiger partial charge in [0.25, 0.3) is 0 Å². The molecule has 0 heterocycles. The standard InChI is InChI=1S/C21H21N5O4/c1-24(2)17-10-6-9-16(13-17)21(15-7-4-3-5-8-15)23-22-19-12-11-18(25(27)28)14-20(19)26(29)30/h3-14,22,29-30H,1-2H3/q-2. The molecule has 3 aromatic carbocycles. The number of anilines is 4. The number of hydrazone groups is 1. The second-order valence-electron chi connectivity index (χ2n) is 6.63. The van der Waals surface area contributed by atoms with Crippen LogP contribution in [0.25, 0.3) is 0 Å². The zero-order chi connectivity index (χ0) is 21.7. The number of nitrogens with zero attached hydrogens (tertiary/aromatic N) is 4. The van der Waals surface area contributed by atoms with Crippen LogP contribution in [0.3, 0.4) is 0 Å². The number of rotatable bonds is 7. The summed E-state index contributed by atoms with van der Waals surface area (Å²) in [6.45, 7) is 0. The third-order valence-corrected chi connectivity index (χ3v) is 4.38. The van der Waals surface area contributed by atoms with Crippen LogP contribution in [-0.2, 0) is 0 Å². The molecule has 156 valence electrons. The maximum Gasteiger partial charge on any atom is 0.121 e. The lowest BCUT2D eigenvalue weighted by atomic mass is 10.0. The summed E-state index contributed by atoms with van der Waals surface area (Å²) in [5.41, 5.74) is 5.78. The highest BCUT2D eigenvalue weighted by Gasteiger charge is 2.12. The Kier molecular flexibility index (Phi) is 6.50. The van der Waals surface area contributed by atoms with Crippen LogP contribution in [0.4, 0.5) is 22.7 Å². The molecule has 0 spiro atoms. The first-order chi connectivity index (χ1) is 14.4. The fourth-order valence-corrected chi connectivity index (χ4v) is 2.83. The summed E-state index contributed by atoms with van der Waals surface area (Å²) >= 11 is 0. The average Bonchev–Trinajstić information content (AvgIpc) is 2.74. The van der Waals surface area contributed by atoms with Crippen molar-refractivity contribution in [3.05, 3.63) is 94.3 Å². The van der Waals surface area contributed by atoms with E-state index in [-0.39, 0.29) is 22.3 Å². The van der Waals surface area contributed by atoms with Gasteiger partial charge < -0.3 is 20.5 Å². The van der Waals surface area contributed by atoms with E-state index in [9.17, 15) is 20.8 Å². The summed E-state index contributed by atoms with van der Waals surface area (Å²) in [6.07, 6.45) is 0. The van der Waals surface area contributed by atoms with Gasteiger partial charge in [-0.2, -0.15) is 5.10 Å². The van der Waals surface area contributed by atoms with Gasteiger partial charge in [0.05, 0.1) is 11.4 Å². The molecule has 3 aromatic rings. The molecule has 3 rings (SSSR count). The Bertz CT molecular complexity index is 1020. The normalized spacial score (nSPS) is 11.2. The zero-order valence-corrected chi connectivity index (χ0v) is 16.4. The molecule has 0 amide bonds. The minimum absolute atomic E-state index is 0.181. The Morgan fingerprint density at radius 1 is 0.833 bits per heavy atom. The first-order valence-electron chi connectivity index (χ1n) is 9.00. The van der Waals surface area contributed by atoms with Crippen molar-refractivity contribution in [3.8, 4) is 0 Å².